The van der Waals surface area contributed by atoms with E-state index in [0.717, 1.165) is 24.9 Å². The van der Waals surface area contributed by atoms with Crippen molar-refractivity contribution < 1.29 is 9.53 Å². The molecule has 1 aromatic heterocycles. The van der Waals surface area contributed by atoms with Gasteiger partial charge in [0, 0.05) is 36.9 Å². The van der Waals surface area contributed by atoms with E-state index in [9.17, 15) is 4.79 Å². The van der Waals surface area contributed by atoms with E-state index >= 15 is 0 Å². The first-order valence-corrected chi connectivity index (χ1v) is 8.50. The Hall–Kier alpha value is -1.56. The molecule has 1 aromatic rings. The summed E-state index contributed by atoms with van der Waals surface area (Å²) in [6.45, 7) is 13.3. The van der Waals surface area contributed by atoms with Crippen molar-refractivity contribution in [3.8, 4) is 0 Å². The van der Waals surface area contributed by atoms with Crippen molar-refractivity contribution in [1.29, 1.82) is 0 Å². The van der Waals surface area contributed by atoms with Gasteiger partial charge in [-0.25, -0.2) is 4.79 Å². The van der Waals surface area contributed by atoms with Crippen molar-refractivity contribution in [3.63, 3.8) is 0 Å². The summed E-state index contributed by atoms with van der Waals surface area (Å²) in [5, 5.41) is 10.7. The second-order valence-corrected chi connectivity index (χ2v) is 6.89. The van der Waals surface area contributed by atoms with Crippen LogP contribution in [0, 0.1) is 0 Å². The van der Waals surface area contributed by atoms with Crippen LogP contribution in [-0.2, 0) is 11.3 Å². The van der Waals surface area contributed by atoms with Crippen molar-refractivity contribution in [2.45, 2.75) is 78.6 Å². The van der Waals surface area contributed by atoms with Crippen LogP contribution in [-0.4, -0.2) is 34.1 Å². The van der Waals surface area contributed by atoms with Crippen LogP contribution in [0.25, 0.3) is 0 Å². The number of ether oxygens (including phenoxy) is 1. The Labute approximate surface area is 140 Å². The molecule has 0 saturated carbocycles. The van der Waals surface area contributed by atoms with Crippen molar-refractivity contribution in [3.05, 3.63) is 18.0 Å². The average molecular weight is 324 g/mol. The van der Waals surface area contributed by atoms with Gasteiger partial charge in [0.15, 0.2) is 0 Å². The smallest absolute Gasteiger partial charge is 0.407 e. The van der Waals surface area contributed by atoms with Crippen LogP contribution in [0.2, 0.25) is 0 Å². The monoisotopic (exact) mass is 324 g/mol. The van der Waals surface area contributed by atoms with E-state index in [2.05, 4.69) is 42.7 Å². The van der Waals surface area contributed by atoms with E-state index in [-0.39, 0.29) is 18.2 Å². The topological polar surface area (TPSA) is 68.2 Å². The molecule has 2 N–H and O–H groups in total. The lowest BCUT2D eigenvalue weighted by Gasteiger charge is -2.24. The van der Waals surface area contributed by atoms with Gasteiger partial charge in [0.2, 0.25) is 0 Å². The summed E-state index contributed by atoms with van der Waals surface area (Å²) in [5.74, 6) is 0. The third-order valence-electron chi connectivity index (χ3n) is 3.49. The third-order valence-corrected chi connectivity index (χ3v) is 3.49. The van der Waals surface area contributed by atoms with Gasteiger partial charge in [0.05, 0.1) is 6.20 Å². The molecule has 0 aliphatic heterocycles. The molecule has 6 heteroatoms. The summed E-state index contributed by atoms with van der Waals surface area (Å²) in [5.41, 5.74) is 0.685. The molecule has 0 saturated heterocycles. The molecule has 1 heterocycles. The first-order valence-electron chi connectivity index (χ1n) is 8.50. The molecule has 0 aliphatic carbocycles. The minimum atomic E-state index is -0.472. The van der Waals surface area contributed by atoms with Crippen molar-refractivity contribution in [1.82, 2.24) is 20.4 Å². The van der Waals surface area contributed by atoms with Crippen LogP contribution >= 0.6 is 0 Å². The Morgan fingerprint density at radius 1 is 1.39 bits per heavy atom. The van der Waals surface area contributed by atoms with Crippen LogP contribution in [0.4, 0.5) is 4.79 Å². The fraction of sp³-hybridized carbons (Fsp3) is 0.765. The van der Waals surface area contributed by atoms with E-state index in [1.165, 1.54) is 0 Å². The molecule has 0 radical (unpaired) electrons. The maximum Gasteiger partial charge on any atom is 0.407 e. The highest BCUT2D eigenvalue weighted by atomic mass is 16.6. The fourth-order valence-corrected chi connectivity index (χ4v) is 2.34. The van der Waals surface area contributed by atoms with E-state index < -0.39 is 5.60 Å². The molecular weight excluding hydrogens is 292 g/mol. The zero-order valence-corrected chi connectivity index (χ0v) is 15.3. The summed E-state index contributed by atoms with van der Waals surface area (Å²) in [6.07, 6.45) is 5.62. The van der Waals surface area contributed by atoms with Crippen molar-refractivity contribution >= 4 is 6.09 Å². The normalized spacial score (nSPS) is 14.3. The van der Waals surface area contributed by atoms with Gasteiger partial charge in [0.25, 0.3) is 0 Å². The Bertz CT molecular complexity index is 479. The van der Waals surface area contributed by atoms with Crippen LogP contribution in [0.5, 0.6) is 0 Å². The maximum absolute atomic E-state index is 11.8. The number of nitrogens with zero attached hydrogens (tertiary/aromatic N) is 2. The highest BCUT2D eigenvalue weighted by Crippen LogP contribution is 2.13. The molecule has 0 aromatic carbocycles. The SMILES string of the molecule is CCCC(CNC(=O)OC(C)(C)C)NC(C)c1cnn(CC)c1. The van der Waals surface area contributed by atoms with E-state index in [1.54, 1.807) is 0 Å². The van der Waals surface area contributed by atoms with Gasteiger partial charge in [-0.15, -0.1) is 0 Å². The highest BCUT2D eigenvalue weighted by Gasteiger charge is 2.18. The van der Waals surface area contributed by atoms with Gasteiger partial charge in [-0.1, -0.05) is 13.3 Å². The zero-order valence-electron chi connectivity index (χ0n) is 15.3. The van der Waals surface area contributed by atoms with Crippen LogP contribution in [0.15, 0.2) is 12.4 Å². The predicted octanol–water partition coefficient (Wildman–Crippen LogP) is 3.25. The van der Waals surface area contributed by atoms with E-state index in [1.807, 2.05) is 31.6 Å². The summed E-state index contributed by atoms with van der Waals surface area (Å²) in [6, 6.07) is 0.389. The maximum atomic E-state index is 11.8. The van der Waals surface area contributed by atoms with Crippen molar-refractivity contribution in [2.75, 3.05) is 6.54 Å². The number of aryl methyl sites for hydroxylation is 1. The molecule has 132 valence electrons. The Kier molecular flexibility index (Phi) is 7.55. The van der Waals surface area contributed by atoms with Gasteiger partial charge in [0.1, 0.15) is 5.60 Å². The number of carbonyl (C=O) groups excluding carboxylic acids is 1. The second kappa shape index (κ2) is 8.91. The lowest BCUT2D eigenvalue weighted by atomic mass is 10.1. The first kappa shape index (κ1) is 19.5. The van der Waals surface area contributed by atoms with Gasteiger partial charge >= 0.3 is 6.09 Å². The molecular formula is C17H32N4O2. The van der Waals surface area contributed by atoms with E-state index in [0.29, 0.717) is 6.54 Å². The van der Waals surface area contributed by atoms with Crippen LogP contribution in [0.1, 0.15) is 66.0 Å². The van der Waals surface area contributed by atoms with Gasteiger partial charge < -0.3 is 15.4 Å². The number of aromatic nitrogens is 2. The minimum absolute atomic E-state index is 0.187. The van der Waals surface area contributed by atoms with E-state index in [4.69, 9.17) is 4.74 Å². The number of nitrogens with one attached hydrogen (secondary N) is 2. The molecule has 0 bridgehead atoms. The fourth-order valence-electron chi connectivity index (χ4n) is 2.34. The average Bonchev–Trinajstić information content (AvgIpc) is 2.92. The third kappa shape index (κ3) is 7.50. The summed E-state index contributed by atoms with van der Waals surface area (Å²) >= 11 is 0. The molecule has 0 fully saturated rings. The highest BCUT2D eigenvalue weighted by molar-refractivity contribution is 5.67. The molecule has 2 unspecified atom stereocenters. The Morgan fingerprint density at radius 3 is 2.61 bits per heavy atom. The molecule has 23 heavy (non-hydrogen) atoms. The largest absolute Gasteiger partial charge is 0.444 e. The summed E-state index contributed by atoms with van der Waals surface area (Å²) in [4.78, 5) is 11.8. The quantitative estimate of drug-likeness (QED) is 0.770. The van der Waals surface area contributed by atoms with Gasteiger partial charge in [-0.2, -0.15) is 5.10 Å². The lowest BCUT2D eigenvalue weighted by Crippen LogP contribution is -2.43. The lowest BCUT2D eigenvalue weighted by molar-refractivity contribution is 0.0521. The molecule has 0 aliphatic rings. The number of hydrogen-bond acceptors (Lipinski definition) is 4. The van der Waals surface area contributed by atoms with Crippen LogP contribution < -0.4 is 10.6 Å². The van der Waals surface area contributed by atoms with Crippen LogP contribution in [0.3, 0.4) is 0 Å². The summed E-state index contributed by atoms with van der Waals surface area (Å²) in [7, 11) is 0. The Balaban J connectivity index is 2.52. The van der Waals surface area contributed by atoms with Gasteiger partial charge in [-0.3, -0.25) is 4.68 Å². The van der Waals surface area contributed by atoms with Gasteiger partial charge in [-0.05, 0) is 41.0 Å². The Morgan fingerprint density at radius 2 is 2.09 bits per heavy atom. The molecule has 6 nitrogen and oxygen atoms in total. The second-order valence-electron chi connectivity index (χ2n) is 6.89. The zero-order chi connectivity index (χ0) is 17.5. The predicted molar refractivity (Wildman–Crippen MR) is 92.4 cm³/mol. The number of carbonyl (C=O) groups is 1. The molecule has 1 amide bonds. The number of rotatable bonds is 8. The first-order chi connectivity index (χ1) is 10.7. The molecule has 2 atom stereocenters. The molecule has 1 rings (SSSR count). The van der Waals surface area contributed by atoms with Crippen molar-refractivity contribution in [2.24, 2.45) is 0 Å². The number of hydrogen-bond donors (Lipinski definition) is 2. The summed E-state index contributed by atoms with van der Waals surface area (Å²) < 4.78 is 7.20. The number of amides is 1. The standard InChI is InChI=1S/C17H32N4O2/c1-7-9-15(11-18-16(22)23-17(4,5)6)20-13(3)14-10-19-21(8-2)12-14/h10,12-13,15,20H,7-9,11H2,1-6H3,(H,18,22). The number of alkyl carbamates (subject to hydrolysis) is 1. The molecule has 0 spiro atoms. The minimum Gasteiger partial charge on any atom is -0.444 e.